The van der Waals surface area contributed by atoms with Crippen LogP contribution >= 0.6 is 23.1 Å². The van der Waals surface area contributed by atoms with Crippen molar-refractivity contribution >= 4 is 45.2 Å². The van der Waals surface area contributed by atoms with E-state index < -0.39 is 12.1 Å². The quantitative estimate of drug-likeness (QED) is 0.501. The van der Waals surface area contributed by atoms with Crippen LogP contribution in [0.15, 0.2) is 4.79 Å². The van der Waals surface area contributed by atoms with Crippen molar-refractivity contribution in [2.75, 3.05) is 5.75 Å². The third-order valence-electron chi connectivity index (χ3n) is 4.91. The summed E-state index contributed by atoms with van der Waals surface area (Å²) in [6.07, 6.45) is 4.57. The van der Waals surface area contributed by atoms with Crippen LogP contribution < -0.4 is 10.9 Å². The number of aromatic nitrogens is 2. The van der Waals surface area contributed by atoms with Gasteiger partial charge in [-0.05, 0) is 44.6 Å². The average Bonchev–Trinajstić information content (AvgIpc) is 3.22. The first kappa shape index (κ1) is 19.4. The van der Waals surface area contributed by atoms with Crippen molar-refractivity contribution < 1.29 is 14.3 Å². The highest BCUT2D eigenvalue weighted by Crippen LogP contribution is 2.34. The van der Waals surface area contributed by atoms with E-state index in [0.717, 1.165) is 42.3 Å². The molecule has 0 radical (unpaired) electrons. The van der Waals surface area contributed by atoms with Gasteiger partial charge in [0.2, 0.25) is 0 Å². The summed E-state index contributed by atoms with van der Waals surface area (Å²) < 4.78 is 5.17. The Hall–Kier alpha value is -1.87. The summed E-state index contributed by atoms with van der Waals surface area (Å²) in [4.78, 5) is 45.7. The van der Waals surface area contributed by atoms with Crippen molar-refractivity contribution in [3.05, 3.63) is 26.6 Å². The summed E-state index contributed by atoms with van der Waals surface area (Å²) in [5, 5.41) is 3.58. The number of nitrogens with zero attached hydrogens (tertiary/aromatic N) is 1. The van der Waals surface area contributed by atoms with Gasteiger partial charge in [-0.15, -0.1) is 11.3 Å². The predicted octanol–water partition coefficient (Wildman–Crippen LogP) is 2.31. The maximum atomic E-state index is 12.4. The second-order valence-electron chi connectivity index (χ2n) is 7.27. The Balaban J connectivity index is 1.24. The van der Waals surface area contributed by atoms with Gasteiger partial charge in [0.1, 0.15) is 10.7 Å². The van der Waals surface area contributed by atoms with Gasteiger partial charge in [-0.2, -0.15) is 11.8 Å². The van der Waals surface area contributed by atoms with Gasteiger partial charge in [0.25, 0.3) is 11.5 Å². The molecule has 28 heavy (non-hydrogen) atoms. The fourth-order valence-electron chi connectivity index (χ4n) is 3.30. The molecule has 1 fully saturated rings. The van der Waals surface area contributed by atoms with Crippen molar-refractivity contribution in [1.29, 1.82) is 0 Å². The SMILES string of the molecule is C[C@@H](OC(=O)CCSCc1nc2sc3c(c2c(=O)[nH]1)CCC3)C(=O)NC1CC1. The van der Waals surface area contributed by atoms with Crippen molar-refractivity contribution in [1.82, 2.24) is 15.3 Å². The topological polar surface area (TPSA) is 101 Å². The summed E-state index contributed by atoms with van der Waals surface area (Å²) in [6, 6.07) is 0.251. The molecule has 2 aliphatic rings. The summed E-state index contributed by atoms with van der Waals surface area (Å²) in [7, 11) is 0. The molecule has 0 aromatic carbocycles. The number of amides is 1. The maximum Gasteiger partial charge on any atom is 0.307 e. The van der Waals surface area contributed by atoms with Gasteiger partial charge in [-0.1, -0.05) is 0 Å². The number of aryl methyl sites for hydroxylation is 2. The Bertz CT molecular complexity index is 964. The third-order valence-corrected chi connectivity index (χ3v) is 7.07. The van der Waals surface area contributed by atoms with Crippen molar-refractivity contribution in [2.45, 2.75) is 63.3 Å². The highest BCUT2D eigenvalue weighted by atomic mass is 32.2. The molecule has 0 saturated heterocycles. The first-order valence-corrected chi connectivity index (χ1v) is 11.6. The number of fused-ring (bicyclic) bond motifs is 3. The highest BCUT2D eigenvalue weighted by Gasteiger charge is 2.27. The minimum Gasteiger partial charge on any atom is -0.453 e. The van der Waals surface area contributed by atoms with Gasteiger partial charge >= 0.3 is 5.97 Å². The molecule has 1 saturated carbocycles. The minimum absolute atomic E-state index is 0.0603. The monoisotopic (exact) mass is 421 g/mol. The number of H-pyrrole nitrogens is 1. The molecule has 0 spiro atoms. The molecule has 2 aromatic heterocycles. The molecule has 2 N–H and O–H groups in total. The molecule has 0 bridgehead atoms. The first-order valence-electron chi connectivity index (χ1n) is 9.62. The van der Waals surface area contributed by atoms with Gasteiger partial charge in [0.15, 0.2) is 6.10 Å². The number of nitrogens with one attached hydrogen (secondary N) is 2. The summed E-state index contributed by atoms with van der Waals surface area (Å²) >= 11 is 3.13. The van der Waals surface area contributed by atoms with Crippen molar-refractivity contribution in [3.63, 3.8) is 0 Å². The normalized spacial score (nSPS) is 16.8. The van der Waals surface area contributed by atoms with E-state index in [4.69, 9.17) is 4.74 Å². The Labute approximate surface area is 170 Å². The molecule has 1 amide bonds. The number of esters is 1. The average molecular weight is 422 g/mol. The Kier molecular flexibility index (Phi) is 5.73. The zero-order valence-corrected chi connectivity index (χ0v) is 17.3. The summed E-state index contributed by atoms with van der Waals surface area (Å²) in [5.41, 5.74) is 1.12. The number of rotatable bonds is 8. The lowest BCUT2D eigenvalue weighted by Gasteiger charge is -2.13. The van der Waals surface area contributed by atoms with Crippen LogP contribution in [-0.4, -0.2) is 39.7 Å². The number of carbonyl (C=O) groups is 2. The van der Waals surface area contributed by atoms with E-state index in [1.165, 1.54) is 22.2 Å². The van der Waals surface area contributed by atoms with E-state index in [-0.39, 0.29) is 23.9 Å². The Morgan fingerprint density at radius 3 is 3.00 bits per heavy atom. The number of thioether (sulfide) groups is 1. The molecule has 2 aromatic rings. The second-order valence-corrected chi connectivity index (χ2v) is 9.46. The molecule has 0 aliphatic heterocycles. The molecule has 2 heterocycles. The lowest BCUT2D eigenvalue weighted by molar-refractivity contribution is -0.154. The van der Waals surface area contributed by atoms with Crippen LogP contribution in [0.5, 0.6) is 0 Å². The van der Waals surface area contributed by atoms with Gasteiger partial charge < -0.3 is 15.0 Å². The number of aromatic amines is 1. The maximum absolute atomic E-state index is 12.4. The van der Waals surface area contributed by atoms with Crippen LogP contribution in [0.1, 0.15) is 48.9 Å². The van der Waals surface area contributed by atoms with Crippen LogP contribution in [0.25, 0.3) is 10.2 Å². The van der Waals surface area contributed by atoms with Crippen LogP contribution in [0, 0.1) is 0 Å². The number of hydrogen-bond acceptors (Lipinski definition) is 7. The zero-order chi connectivity index (χ0) is 19.7. The fourth-order valence-corrected chi connectivity index (χ4v) is 5.36. The highest BCUT2D eigenvalue weighted by molar-refractivity contribution is 7.98. The third kappa shape index (κ3) is 4.41. The van der Waals surface area contributed by atoms with Gasteiger partial charge in [0, 0.05) is 16.7 Å². The largest absolute Gasteiger partial charge is 0.453 e. The lowest BCUT2D eigenvalue weighted by atomic mass is 10.2. The molecule has 4 rings (SSSR count). The second kappa shape index (κ2) is 8.24. The van der Waals surface area contributed by atoms with E-state index in [0.29, 0.717) is 17.3 Å². The van der Waals surface area contributed by atoms with Crippen LogP contribution in [0.2, 0.25) is 0 Å². The van der Waals surface area contributed by atoms with Crippen LogP contribution in [0.4, 0.5) is 0 Å². The molecule has 7 nitrogen and oxygen atoms in total. The van der Waals surface area contributed by atoms with Gasteiger partial charge in [-0.3, -0.25) is 14.4 Å². The fraction of sp³-hybridized carbons (Fsp3) is 0.579. The molecular formula is C19H23N3O4S2. The zero-order valence-electron chi connectivity index (χ0n) is 15.7. The predicted molar refractivity (Wildman–Crippen MR) is 110 cm³/mol. The van der Waals surface area contributed by atoms with Crippen molar-refractivity contribution in [2.24, 2.45) is 0 Å². The minimum atomic E-state index is -0.765. The molecular weight excluding hydrogens is 398 g/mol. The van der Waals surface area contributed by atoms with E-state index in [1.54, 1.807) is 18.3 Å². The Morgan fingerprint density at radius 1 is 1.39 bits per heavy atom. The number of carbonyl (C=O) groups excluding carboxylic acids is 2. The number of thiophene rings is 1. The number of ether oxygens (including phenoxy) is 1. The molecule has 9 heteroatoms. The molecule has 1 atom stereocenters. The van der Waals surface area contributed by atoms with Crippen LogP contribution in [-0.2, 0) is 32.9 Å². The summed E-state index contributed by atoms with van der Waals surface area (Å²) in [5.74, 6) is 1.07. The molecule has 0 unspecified atom stereocenters. The van der Waals surface area contributed by atoms with Crippen LogP contribution in [0.3, 0.4) is 0 Å². The molecule has 150 valence electrons. The van der Waals surface area contributed by atoms with E-state index >= 15 is 0 Å². The smallest absolute Gasteiger partial charge is 0.307 e. The van der Waals surface area contributed by atoms with E-state index in [9.17, 15) is 14.4 Å². The van der Waals surface area contributed by atoms with E-state index in [2.05, 4.69) is 15.3 Å². The Morgan fingerprint density at radius 2 is 2.21 bits per heavy atom. The van der Waals surface area contributed by atoms with Gasteiger partial charge in [0.05, 0.1) is 17.6 Å². The first-order chi connectivity index (χ1) is 13.5. The lowest BCUT2D eigenvalue weighted by Crippen LogP contribution is -2.37. The van der Waals surface area contributed by atoms with E-state index in [1.807, 2.05) is 0 Å². The van der Waals surface area contributed by atoms with Gasteiger partial charge in [-0.25, -0.2) is 4.98 Å². The standard InChI is InChI=1S/C19H23N3O4S2/c1-10(17(24)20-11-5-6-11)26-15(23)7-8-27-9-14-21-18(25)16-12-3-2-4-13(12)28-19(16)22-14/h10-11H,2-9H2,1H3,(H,20,24)(H,21,22,25)/t10-/m1/s1. The molecule has 2 aliphatic carbocycles. The van der Waals surface area contributed by atoms with Crippen molar-refractivity contribution in [3.8, 4) is 0 Å². The summed E-state index contributed by atoms with van der Waals surface area (Å²) in [6.45, 7) is 1.59. The number of hydrogen-bond donors (Lipinski definition) is 2.